The Labute approximate surface area is 111 Å². The van der Waals surface area contributed by atoms with E-state index in [0.717, 1.165) is 11.0 Å². The maximum absolute atomic E-state index is 11.9. The van der Waals surface area contributed by atoms with Crippen LogP contribution in [-0.2, 0) is 14.3 Å². The van der Waals surface area contributed by atoms with Crippen LogP contribution in [0.25, 0.3) is 11.0 Å². The second kappa shape index (κ2) is 5.71. The third-order valence-corrected chi connectivity index (χ3v) is 2.88. The van der Waals surface area contributed by atoms with Crippen molar-refractivity contribution in [2.45, 2.75) is 13.0 Å². The minimum Gasteiger partial charge on any atom is -0.462 e. The van der Waals surface area contributed by atoms with Crippen molar-refractivity contribution in [1.82, 2.24) is 9.55 Å². The average Bonchev–Trinajstić information content (AvgIpc) is 2.74. The summed E-state index contributed by atoms with van der Waals surface area (Å²) < 4.78 is 11.6. The van der Waals surface area contributed by atoms with Crippen molar-refractivity contribution in [3.8, 4) is 0 Å². The number of para-hydroxylation sites is 2. The number of carbonyl (C=O) groups is 1. The van der Waals surface area contributed by atoms with Crippen molar-refractivity contribution in [1.29, 1.82) is 0 Å². The van der Waals surface area contributed by atoms with Crippen LogP contribution in [0.1, 0.15) is 13.0 Å². The molecule has 1 heterocycles. The molecule has 2 rings (SSSR count). The van der Waals surface area contributed by atoms with Gasteiger partial charge in [0.2, 0.25) is 5.95 Å². The number of fused-ring (bicyclic) bond motifs is 1. The highest BCUT2D eigenvalue weighted by atomic mass is 16.6. The number of hydrogen-bond acceptors (Lipinski definition) is 5. The lowest BCUT2D eigenvalue weighted by Crippen LogP contribution is -2.22. The number of nitrogens with two attached hydrogens (primary N) is 1. The average molecular weight is 263 g/mol. The second-order valence-corrected chi connectivity index (χ2v) is 4.16. The van der Waals surface area contributed by atoms with E-state index in [1.165, 1.54) is 0 Å². The molecule has 102 valence electrons. The molecular formula is C13H17N3O3. The fourth-order valence-electron chi connectivity index (χ4n) is 1.92. The van der Waals surface area contributed by atoms with Gasteiger partial charge in [-0.3, -0.25) is 4.57 Å². The Bertz CT molecular complexity index is 580. The lowest BCUT2D eigenvalue weighted by molar-refractivity contribution is -0.148. The summed E-state index contributed by atoms with van der Waals surface area (Å²) in [6.07, 6.45) is 0. The van der Waals surface area contributed by atoms with E-state index in [-0.39, 0.29) is 12.6 Å². The third-order valence-electron chi connectivity index (χ3n) is 2.88. The number of aromatic nitrogens is 2. The van der Waals surface area contributed by atoms with E-state index in [0.29, 0.717) is 12.6 Å². The van der Waals surface area contributed by atoms with Crippen molar-refractivity contribution in [2.75, 3.05) is 26.1 Å². The first-order chi connectivity index (χ1) is 9.15. The molecule has 0 saturated carbocycles. The Morgan fingerprint density at radius 2 is 2.16 bits per heavy atom. The normalized spacial score (nSPS) is 12.5. The van der Waals surface area contributed by atoms with Gasteiger partial charge in [0.15, 0.2) is 0 Å². The molecule has 6 heteroatoms. The van der Waals surface area contributed by atoms with Gasteiger partial charge in [0, 0.05) is 7.11 Å². The van der Waals surface area contributed by atoms with Crippen LogP contribution in [0.2, 0.25) is 0 Å². The molecule has 0 saturated heterocycles. The number of rotatable bonds is 5. The van der Waals surface area contributed by atoms with Gasteiger partial charge in [-0.15, -0.1) is 0 Å². The van der Waals surface area contributed by atoms with Crippen molar-refractivity contribution < 1.29 is 14.3 Å². The topological polar surface area (TPSA) is 79.4 Å². The zero-order valence-corrected chi connectivity index (χ0v) is 11.0. The van der Waals surface area contributed by atoms with Crippen molar-refractivity contribution in [3.63, 3.8) is 0 Å². The molecule has 0 aliphatic rings. The molecule has 0 fully saturated rings. The highest BCUT2D eigenvalue weighted by Gasteiger charge is 2.21. The molecule has 0 bridgehead atoms. The first-order valence-electron chi connectivity index (χ1n) is 6.03. The summed E-state index contributed by atoms with van der Waals surface area (Å²) >= 11 is 0. The fourth-order valence-corrected chi connectivity index (χ4v) is 1.92. The van der Waals surface area contributed by atoms with E-state index in [1.807, 2.05) is 24.3 Å². The molecule has 0 radical (unpaired) electrons. The summed E-state index contributed by atoms with van der Waals surface area (Å²) in [5.41, 5.74) is 7.44. The molecule has 1 atom stereocenters. The van der Waals surface area contributed by atoms with Gasteiger partial charge in [0.25, 0.3) is 0 Å². The van der Waals surface area contributed by atoms with Gasteiger partial charge < -0.3 is 15.2 Å². The van der Waals surface area contributed by atoms with Crippen LogP contribution in [0.3, 0.4) is 0 Å². The minimum atomic E-state index is -0.524. The van der Waals surface area contributed by atoms with E-state index in [9.17, 15) is 4.79 Å². The number of carbonyl (C=O) groups excluding carboxylic acids is 1. The Morgan fingerprint density at radius 1 is 1.42 bits per heavy atom. The quantitative estimate of drug-likeness (QED) is 0.651. The monoisotopic (exact) mass is 263 g/mol. The predicted molar refractivity (Wildman–Crippen MR) is 71.7 cm³/mol. The van der Waals surface area contributed by atoms with Crippen LogP contribution < -0.4 is 5.73 Å². The number of benzene rings is 1. The molecule has 2 N–H and O–H groups in total. The zero-order chi connectivity index (χ0) is 13.8. The standard InChI is InChI=1S/C13H17N3O3/c1-9(12(17)19-8-7-18-2)16-11-6-4-3-5-10(11)15-13(16)14/h3-6,9H,7-8H2,1-2H3,(H2,14,15). The molecule has 1 aromatic carbocycles. The number of esters is 1. The summed E-state index contributed by atoms with van der Waals surface area (Å²) in [6, 6.07) is 6.95. The van der Waals surface area contributed by atoms with E-state index < -0.39 is 6.04 Å². The number of ether oxygens (including phenoxy) is 2. The molecule has 0 amide bonds. The number of anilines is 1. The molecular weight excluding hydrogens is 246 g/mol. The Morgan fingerprint density at radius 3 is 2.89 bits per heavy atom. The fraction of sp³-hybridized carbons (Fsp3) is 0.385. The van der Waals surface area contributed by atoms with Gasteiger partial charge in [-0.25, -0.2) is 9.78 Å². The SMILES string of the molecule is COCCOC(=O)C(C)n1c(N)nc2ccccc21. The van der Waals surface area contributed by atoms with Crippen molar-refractivity contribution in [2.24, 2.45) is 0 Å². The molecule has 2 aromatic rings. The number of methoxy groups -OCH3 is 1. The molecule has 0 aliphatic heterocycles. The van der Waals surface area contributed by atoms with Crippen LogP contribution in [0, 0.1) is 0 Å². The maximum Gasteiger partial charge on any atom is 0.329 e. The van der Waals surface area contributed by atoms with Gasteiger partial charge >= 0.3 is 5.97 Å². The Balaban J connectivity index is 2.23. The smallest absolute Gasteiger partial charge is 0.329 e. The van der Waals surface area contributed by atoms with Crippen molar-refractivity contribution >= 4 is 23.0 Å². The van der Waals surface area contributed by atoms with Crippen molar-refractivity contribution in [3.05, 3.63) is 24.3 Å². The summed E-state index contributed by atoms with van der Waals surface area (Å²) in [7, 11) is 1.55. The zero-order valence-electron chi connectivity index (χ0n) is 11.0. The van der Waals surface area contributed by atoms with Gasteiger partial charge in [0.1, 0.15) is 12.6 Å². The van der Waals surface area contributed by atoms with E-state index in [2.05, 4.69) is 4.98 Å². The van der Waals surface area contributed by atoms with Gasteiger partial charge in [-0.2, -0.15) is 0 Å². The molecule has 1 unspecified atom stereocenters. The van der Waals surface area contributed by atoms with Crippen LogP contribution in [0.4, 0.5) is 5.95 Å². The molecule has 19 heavy (non-hydrogen) atoms. The van der Waals surface area contributed by atoms with E-state index in [4.69, 9.17) is 15.2 Å². The summed E-state index contributed by atoms with van der Waals surface area (Å²) in [5.74, 6) is -0.0516. The highest BCUT2D eigenvalue weighted by molar-refractivity contribution is 5.82. The molecule has 0 spiro atoms. The summed E-state index contributed by atoms with van der Waals surface area (Å²) in [4.78, 5) is 16.2. The first kappa shape index (κ1) is 13.4. The largest absolute Gasteiger partial charge is 0.462 e. The number of nitrogen functional groups attached to an aromatic ring is 1. The summed E-state index contributed by atoms with van der Waals surface area (Å²) in [6.45, 7) is 2.34. The number of hydrogen-bond donors (Lipinski definition) is 1. The van der Waals surface area contributed by atoms with Gasteiger partial charge in [-0.05, 0) is 19.1 Å². The predicted octanol–water partition coefficient (Wildman–Crippen LogP) is 1.37. The number of imidazole rings is 1. The molecule has 1 aromatic heterocycles. The Hall–Kier alpha value is -2.08. The van der Waals surface area contributed by atoms with E-state index in [1.54, 1.807) is 18.6 Å². The highest BCUT2D eigenvalue weighted by Crippen LogP contribution is 2.23. The summed E-state index contributed by atoms with van der Waals surface area (Å²) in [5, 5.41) is 0. The lowest BCUT2D eigenvalue weighted by atomic mass is 10.3. The van der Waals surface area contributed by atoms with Crippen LogP contribution in [-0.4, -0.2) is 35.8 Å². The maximum atomic E-state index is 11.9. The van der Waals surface area contributed by atoms with Gasteiger partial charge in [0.05, 0.1) is 17.6 Å². The van der Waals surface area contributed by atoms with Gasteiger partial charge in [-0.1, -0.05) is 12.1 Å². The third kappa shape index (κ3) is 2.68. The molecule has 0 aliphatic carbocycles. The second-order valence-electron chi connectivity index (χ2n) is 4.16. The van der Waals surface area contributed by atoms with Crippen LogP contribution >= 0.6 is 0 Å². The molecule has 6 nitrogen and oxygen atoms in total. The first-order valence-corrected chi connectivity index (χ1v) is 6.03. The number of nitrogens with zero attached hydrogens (tertiary/aromatic N) is 2. The van der Waals surface area contributed by atoms with Crippen LogP contribution in [0.15, 0.2) is 24.3 Å². The van der Waals surface area contributed by atoms with Crippen LogP contribution in [0.5, 0.6) is 0 Å². The lowest BCUT2D eigenvalue weighted by Gasteiger charge is -2.15. The van der Waals surface area contributed by atoms with E-state index >= 15 is 0 Å². The Kier molecular flexibility index (Phi) is 4.01. The minimum absolute atomic E-state index is 0.228.